The Hall–Kier alpha value is -4.53. The van der Waals surface area contributed by atoms with Crippen LogP contribution in [0.4, 0.5) is 0 Å². The largest absolute Gasteiger partial charge is 0.256 e. The summed E-state index contributed by atoms with van der Waals surface area (Å²) in [6, 6.07) is 44.7. The minimum absolute atomic E-state index is 0.324. The van der Waals surface area contributed by atoms with Crippen molar-refractivity contribution in [2.45, 2.75) is 5.41 Å². The van der Waals surface area contributed by atoms with Crippen molar-refractivity contribution in [1.82, 2.24) is 4.98 Å². The summed E-state index contributed by atoms with van der Waals surface area (Å²) in [4.78, 5) is 6.23. The second kappa shape index (κ2) is 7.28. The summed E-state index contributed by atoms with van der Waals surface area (Å²) in [5.74, 6) is 0. The fraction of sp³-hybridized carbons (Fsp3) is 0.0278. The maximum Gasteiger partial charge on any atom is 0.0819 e. The Balaban J connectivity index is 1.45. The fourth-order valence-corrected chi connectivity index (χ4v) is 8.50. The Labute approximate surface area is 224 Å². The molecule has 2 aliphatic rings. The Morgan fingerprint density at radius 3 is 2.11 bits per heavy atom. The predicted octanol–water partition coefficient (Wildman–Crippen LogP) is 9.46. The lowest BCUT2D eigenvalue weighted by atomic mass is 9.73. The van der Waals surface area contributed by atoms with Crippen LogP contribution in [0, 0.1) is 0 Å². The molecule has 2 aliphatic carbocycles. The molecule has 0 amide bonds. The summed E-state index contributed by atoms with van der Waals surface area (Å²) < 4.78 is 1.35. The van der Waals surface area contributed by atoms with Gasteiger partial charge in [0, 0.05) is 37.7 Å². The van der Waals surface area contributed by atoms with E-state index < -0.39 is 0 Å². The minimum Gasteiger partial charge on any atom is -0.256 e. The average molecular weight is 500 g/mol. The molecule has 176 valence electrons. The Morgan fingerprint density at radius 2 is 1.26 bits per heavy atom. The van der Waals surface area contributed by atoms with Gasteiger partial charge in [0.2, 0.25) is 0 Å². The molecule has 2 heterocycles. The van der Waals surface area contributed by atoms with Crippen LogP contribution in [0.1, 0.15) is 21.6 Å². The van der Waals surface area contributed by atoms with Gasteiger partial charge in [0.05, 0.1) is 10.9 Å². The average Bonchev–Trinajstić information content (AvgIpc) is 3.60. The zero-order chi connectivity index (χ0) is 24.8. The summed E-state index contributed by atoms with van der Waals surface area (Å²) in [5, 5.41) is 2.52. The standard InChI is InChI=1S/C36H21NS/c1-4-15-29-25(11-1)26-12-2-5-16-30(26)36(29)31-21-23(24-14-7-9-22-10-8-20-37-34(22)24)18-19-27(31)33-28-13-3-6-17-32(28)38-35(33)36/h1-21H. The van der Waals surface area contributed by atoms with E-state index in [9.17, 15) is 0 Å². The molecule has 0 radical (unpaired) electrons. The molecule has 2 heteroatoms. The second-order valence-corrected chi connectivity index (χ2v) is 11.3. The van der Waals surface area contributed by atoms with Crippen LogP contribution in [0.3, 0.4) is 0 Å². The molecule has 2 aromatic heterocycles. The number of benzene rings is 5. The molecule has 0 saturated carbocycles. The maximum atomic E-state index is 4.78. The Bertz CT molecular complexity index is 2050. The highest BCUT2D eigenvalue weighted by Crippen LogP contribution is 2.66. The highest BCUT2D eigenvalue weighted by atomic mass is 32.1. The molecule has 1 nitrogen and oxygen atoms in total. The van der Waals surface area contributed by atoms with Crippen LogP contribution in [0.2, 0.25) is 0 Å². The van der Waals surface area contributed by atoms with Gasteiger partial charge in [-0.25, -0.2) is 0 Å². The number of hydrogen-bond donors (Lipinski definition) is 0. The zero-order valence-electron chi connectivity index (χ0n) is 20.5. The van der Waals surface area contributed by atoms with E-state index in [-0.39, 0.29) is 5.41 Å². The van der Waals surface area contributed by atoms with E-state index in [1.54, 1.807) is 0 Å². The van der Waals surface area contributed by atoms with Crippen LogP contribution in [0.15, 0.2) is 128 Å². The molecule has 7 aromatic rings. The van der Waals surface area contributed by atoms with Crippen molar-refractivity contribution in [3.63, 3.8) is 0 Å². The van der Waals surface area contributed by atoms with Crippen molar-refractivity contribution in [3.8, 4) is 33.4 Å². The van der Waals surface area contributed by atoms with E-state index in [1.807, 2.05) is 23.6 Å². The highest BCUT2D eigenvalue weighted by molar-refractivity contribution is 7.20. The smallest absolute Gasteiger partial charge is 0.0819 e. The zero-order valence-corrected chi connectivity index (χ0v) is 21.3. The third kappa shape index (κ3) is 2.39. The molecule has 0 fully saturated rings. The lowest BCUT2D eigenvalue weighted by Gasteiger charge is -2.29. The number of nitrogens with zero attached hydrogens (tertiary/aromatic N) is 1. The third-order valence-corrected chi connectivity index (χ3v) is 9.82. The fourth-order valence-electron chi connectivity index (χ4n) is 7.05. The van der Waals surface area contributed by atoms with Crippen LogP contribution in [-0.4, -0.2) is 4.98 Å². The number of hydrogen-bond acceptors (Lipinski definition) is 2. The second-order valence-electron chi connectivity index (χ2n) is 10.3. The molecule has 0 bridgehead atoms. The van der Waals surface area contributed by atoms with Crippen molar-refractivity contribution in [1.29, 1.82) is 0 Å². The van der Waals surface area contributed by atoms with Crippen molar-refractivity contribution in [3.05, 3.63) is 149 Å². The first-order chi connectivity index (χ1) is 18.9. The van der Waals surface area contributed by atoms with Gasteiger partial charge in [-0.05, 0) is 57.1 Å². The topological polar surface area (TPSA) is 12.9 Å². The molecule has 0 unspecified atom stereocenters. The summed E-state index contributed by atoms with van der Waals surface area (Å²) in [6.07, 6.45) is 1.90. The molecule has 5 aromatic carbocycles. The molecular formula is C36H21NS. The van der Waals surface area contributed by atoms with E-state index in [1.165, 1.54) is 70.4 Å². The molecule has 0 atom stereocenters. The quantitative estimate of drug-likeness (QED) is 0.219. The summed E-state index contributed by atoms with van der Waals surface area (Å²) >= 11 is 1.96. The van der Waals surface area contributed by atoms with Gasteiger partial charge in [0.25, 0.3) is 0 Å². The SMILES string of the molecule is c1ccc2c(c1)-c1ccccc1C21c2cc(-c3cccc4cccnc34)ccc2-c2c1sc1ccccc21. The third-order valence-electron chi connectivity index (χ3n) is 8.53. The van der Waals surface area contributed by atoms with Gasteiger partial charge in [-0.15, -0.1) is 11.3 Å². The molecule has 0 aliphatic heterocycles. The molecule has 0 N–H and O–H groups in total. The molecular weight excluding hydrogens is 478 g/mol. The normalized spacial score (nSPS) is 14.0. The lowest BCUT2D eigenvalue weighted by molar-refractivity contribution is 0.812. The van der Waals surface area contributed by atoms with Gasteiger partial charge < -0.3 is 0 Å². The van der Waals surface area contributed by atoms with Crippen molar-refractivity contribution in [2.24, 2.45) is 0 Å². The van der Waals surface area contributed by atoms with E-state index >= 15 is 0 Å². The monoisotopic (exact) mass is 499 g/mol. The molecule has 38 heavy (non-hydrogen) atoms. The predicted molar refractivity (Wildman–Crippen MR) is 159 cm³/mol. The van der Waals surface area contributed by atoms with Gasteiger partial charge >= 0.3 is 0 Å². The molecule has 1 spiro atoms. The van der Waals surface area contributed by atoms with Crippen molar-refractivity contribution >= 4 is 32.3 Å². The van der Waals surface area contributed by atoms with E-state index in [0.29, 0.717) is 0 Å². The van der Waals surface area contributed by atoms with E-state index in [2.05, 4.69) is 115 Å². The Morgan fingerprint density at radius 1 is 0.553 bits per heavy atom. The van der Waals surface area contributed by atoms with Gasteiger partial charge in [0.1, 0.15) is 0 Å². The molecule has 9 rings (SSSR count). The van der Waals surface area contributed by atoms with Gasteiger partial charge in [-0.3, -0.25) is 4.98 Å². The van der Waals surface area contributed by atoms with Crippen LogP contribution < -0.4 is 0 Å². The first kappa shape index (κ1) is 20.5. The van der Waals surface area contributed by atoms with E-state index in [0.717, 1.165) is 5.52 Å². The first-order valence-corrected chi connectivity index (χ1v) is 13.9. The summed E-state index contributed by atoms with van der Waals surface area (Å²) in [6.45, 7) is 0. The lowest BCUT2D eigenvalue weighted by Crippen LogP contribution is -2.24. The summed E-state index contributed by atoms with van der Waals surface area (Å²) in [7, 11) is 0. The van der Waals surface area contributed by atoms with Crippen LogP contribution in [0.5, 0.6) is 0 Å². The Kier molecular flexibility index (Phi) is 3.93. The van der Waals surface area contributed by atoms with Crippen molar-refractivity contribution < 1.29 is 0 Å². The van der Waals surface area contributed by atoms with Gasteiger partial charge in [-0.1, -0.05) is 103 Å². The van der Waals surface area contributed by atoms with Gasteiger partial charge in [-0.2, -0.15) is 0 Å². The van der Waals surface area contributed by atoms with E-state index in [4.69, 9.17) is 4.98 Å². The number of aromatic nitrogens is 1. The van der Waals surface area contributed by atoms with Gasteiger partial charge in [0.15, 0.2) is 0 Å². The number of thiophene rings is 1. The number of para-hydroxylation sites is 1. The highest BCUT2D eigenvalue weighted by Gasteiger charge is 2.53. The summed E-state index contributed by atoms with van der Waals surface area (Å²) in [5.41, 5.74) is 12.7. The minimum atomic E-state index is -0.324. The van der Waals surface area contributed by atoms with Crippen LogP contribution in [-0.2, 0) is 5.41 Å². The number of rotatable bonds is 1. The number of fused-ring (bicyclic) bond motifs is 13. The molecule has 0 saturated heterocycles. The first-order valence-electron chi connectivity index (χ1n) is 13.1. The van der Waals surface area contributed by atoms with Crippen LogP contribution in [0.25, 0.3) is 54.4 Å². The maximum absolute atomic E-state index is 4.78. The number of pyridine rings is 1. The van der Waals surface area contributed by atoms with Crippen molar-refractivity contribution in [2.75, 3.05) is 0 Å². The van der Waals surface area contributed by atoms with Crippen LogP contribution >= 0.6 is 11.3 Å².